The van der Waals surface area contributed by atoms with Gasteiger partial charge in [-0.3, -0.25) is 9.58 Å². The zero-order valence-electron chi connectivity index (χ0n) is 17.6. The van der Waals surface area contributed by atoms with Crippen LogP contribution in [0.1, 0.15) is 43.3 Å². The van der Waals surface area contributed by atoms with Crippen molar-refractivity contribution in [3.8, 4) is 17.0 Å². The fourth-order valence-corrected chi connectivity index (χ4v) is 5.77. The molecule has 4 aliphatic rings. The standard InChI is InChI=1S/C22H26F3N5O2/c23-22(24,25)32-19-5-12(7-27-21(19)26)17-6-18(30(28-17)13-3-1-2-4-13)20-15-8-29(9-16(15)20)14-10-31-11-14/h5-7,13-16,20H,1-4,8-11H2,(H2,26,27)/t15-,16+,20?. The Kier molecular flexibility index (Phi) is 4.66. The Bertz CT molecular complexity index is 1000. The Balaban J connectivity index is 1.29. The van der Waals surface area contributed by atoms with E-state index >= 15 is 0 Å². The lowest BCUT2D eigenvalue weighted by Gasteiger charge is -2.35. The third-order valence-electron chi connectivity index (χ3n) is 7.54. The predicted octanol–water partition coefficient (Wildman–Crippen LogP) is 3.59. The van der Waals surface area contributed by atoms with Crippen LogP contribution in [0.25, 0.3) is 11.3 Å². The van der Waals surface area contributed by atoms with E-state index in [-0.39, 0.29) is 5.82 Å². The van der Waals surface area contributed by atoms with E-state index in [9.17, 15) is 13.2 Å². The lowest BCUT2D eigenvalue weighted by molar-refractivity contribution is -0.274. The van der Waals surface area contributed by atoms with Gasteiger partial charge in [0.05, 0.1) is 31.0 Å². The van der Waals surface area contributed by atoms with Gasteiger partial charge in [-0.1, -0.05) is 12.8 Å². The highest BCUT2D eigenvalue weighted by Crippen LogP contribution is 2.59. The van der Waals surface area contributed by atoms with E-state index in [4.69, 9.17) is 15.6 Å². The molecule has 2 aromatic rings. The number of hydrogen-bond donors (Lipinski definition) is 1. The number of anilines is 1. The van der Waals surface area contributed by atoms with Gasteiger partial charge in [-0.15, -0.1) is 13.2 Å². The maximum atomic E-state index is 12.8. The number of alkyl halides is 3. The summed E-state index contributed by atoms with van der Waals surface area (Å²) in [6.45, 7) is 3.84. The van der Waals surface area contributed by atoms with Gasteiger partial charge in [0.2, 0.25) is 0 Å². The Labute approximate surface area is 183 Å². The number of nitrogens with zero attached hydrogens (tertiary/aromatic N) is 4. The molecule has 2 N–H and O–H groups in total. The van der Waals surface area contributed by atoms with Gasteiger partial charge in [0.15, 0.2) is 11.6 Å². The van der Waals surface area contributed by atoms with E-state index in [1.807, 2.05) is 6.07 Å². The number of aromatic nitrogens is 3. The molecule has 4 heterocycles. The fraction of sp³-hybridized carbons (Fsp3) is 0.636. The molecule has 3 atom stereocenters. The van der Waals surface area contributed by atoms with Gasteiger partial charge in [0, 0.05) is 36.5 Å². The molecular weight excluding hydrogens is 423 g/mol. The number of ether oxygens (including phenoxy) is 2. The molecule has 6 rings (SSSR count). The first-order chi connectivity index (χ1) is 15.4. The lowest BCUT2D eigenvalue weighted by atomic mass is 10.1. The van der Waals surface area contributed by atoms with Crippen molar-refractivity contribution < 1.29 is 22.6 Å². The second kappa shape index (κ2) is 7.34. The minimum atomic E-state index is -4.83. The molecule has 0 amide bonds. The minimum absolute atomic E-state index is 0.293. The largest absolute Gasteiger partial charge is 0.573 e. The summed E-state index contributed by atoms with van der Waals surface area (Å²) in [5.74, 6) is 0.914. The molecule has 0 bridgehead atoms. The molecule has 2 aliphatic carbocycles. The average molecular weight is 449 g/mol. The van der Waals surface area contributed by atoms with Gasteiger partial charge in [-0.2, -0.15) is 5.10 Å². The van der Waals surface area contributed by atoms with Crippen LogP contribution in [-0.2, 0) is 4.74 Å². The third kappa shape index (κ3) is 3.53. The SMILES string of the molecule is Nc1ncc(-c2cc(C3[C@H]4CN(C5COC5)C[C@@H]34)n(C3CCCC3)n2)cc1OC(F)(F)F. The van der Waals surface area contributed by atoms with Crippen molar-refractivity contribution in [2.24, 2.45) is 11.8 Å². The van der Waals surface area contributed by atoms with E-state index in [0.29, 0.717) is 41.1 Å². The lowest BCUT2D eigenvalue weighted by Crippen LogP contribution is -2.48. The van der Waals surface area contributed by atoms with Crippen LogP contribution >= 0.6 is 0 Å². The second-order valence-corrected chi connectivity index (χ2v) is 9.49. The molecule has 2 saturated carbocycles. The number of fused-ring (bicyclic) bond motifs is 1. The summed E-state index contributed by atoms with van der Waals surface area (Å²) in [5, 5.41) is 4.87. The number of likely N-dealkylation sites (tertiary alicyclic amines) is 1. The number of nitrogen functional groups attached to an aromatic ring is 1. The molecule has 2 aliphatic heterocycles. The van der Waals surface area contributed by atoms with Crippen LogP contribution < -0.4 is 10.5 Å². The minimum Gasteiger partial charge on any atom is -0.402 e. The maximum Gasteiger partial charge on any atom is 0.573 e. The fourth-order valence-electron chi connectivity index (χ4n) is 5.77. The van der Waals surface area contributed by atoms with Crippen LogP contribution in [0.5, 0.6) is 5.75 Å². The maximum absolute atomic E-state index is 12.8. The van der Waals surface area contributed by atoms with Crippen LogP contribution in [0.2, 0.25) is 0 Å². The molecule has 4 fully saturated rings. The molecule has 1 unspecified atom stereocenters. The highest BCUT2D eigenvalue weighted by atomic mass is 19.4. The summed E-state index contributed by atoms with van der Waals surface area (Å²) < 4.78 is 49.8. The van der Waals surface area contributed by atoms with E-state index in [2.05, 4.69) is 19.3 Å². The van der Waals surface area contributed by atoms with Gasteiger partial charge < -0.3 is 15.2 Å². The van der Waals surface area contributed by atoms with E-state index in [1.165, 1.54) is 30.8 Å². The number of halogens is 3. The van der Waals surface area contributed by atoms with Gasteiger partial charge in [-0.05, 0) is 36.8 Å². The summed E-state index contributed by atoms with van der Waals surface area (Å²) in [6.07, 6.45) is 1.17. The van der Waals surface area contributed by atoms with Crippen LogP contribution in [0.3, 0.4) is 0 Å². The Morgan fingerprint density at radius 2 is 1.78 bits per heavy atom. The first-order valence-electron chi connectivity index (χ1n) is 11.3. The number of nitrogens with two attached hydrogens (primary N) is 1. The summed E-state index contributed by atoms with van der Waals surface area (Å²) >= 11 is 0. The van der Waals surface area contributed by atoms with Crippen molar-refractivity contribution >= 4 is 5.82 Å². The summed E-state index contributed by atoms with van der Waals surface area (Å²) in [5.41, 5.74) is 7.93. The Morgan fingerprint density at radius 3 is 2.41 bits per heavy atom. The van der Waals surface area contributed by atoms with Gasteiger partial charge in [-0.25, -0.2) is 4.98 Å². The molecule has 32 heavy (non-hydrogen) atoms. The molecule has 0 radical (unpaired) electrons. The smallest absolute Gasteiger partial charge is 0.402 e. The molecular formula is C22H26F3N5O2. The molecule has 10 heteroatoms. The first kappa shape index (κ1) is 20.3. The number of pyridine rings is 1. The number of piperidine rings is 1. The first-order valence-corrected chi connectivity index (χ1v) is 11.3. The summed E-state index contributed by atoms with van der Waals surface area (Å²) in [7, 11) is 0. The van der Waals surface area contributed by atoms with Crippen molar-refractivity contribution in [2.75, 3.05) is 32.0 Å². The van der Waals surface area contributed by atoms with Gasteiger partial charge in [0.1, 0.15) is 0 Å². The van der Waals surface area contributed by atoms with Gasteiger partial charge in [0.25, 0.3) is 0 Å². The molecule has 0 aromatic carbocycles. The zero-order chi connectivity index (χ0) is 22.0. The van der Waals surface area contributed by atoms with E-state index < -0.39 is 12.1 Å². The van der Waals surface area contributed by atoms with Crippen molar-refractivity contribution in [1.82, 2.24) is 19.7 Å². The van der Waals surface area contributed by atoms with Crippen molar-refractivity contribution in [1.29, 1.82) is 0 Å². The van der Waals surface area contributed by atoms with Crippen LogP contribution in [0, 0.1) is 11.8 Å². The predicted molar refractivity (Wildman–Crippen MR) is 110 cm³/mol. The molecule has 7 nitrogen and oxygen atoms in total. The number of rotatable bonds is 5. The second-order valence-electron chi connectivity index (χ2n) is 9.49. The van der Waals surface area contributed by atoms with E-state index in [0.717, 1.165) is 39.1 Å². The quantitative estimate of drug-likeness (QED) is 0.752. The molecule has 172 valence electrons. The third-order valence-corrected chi connectivity index (χ3v) is 7.54. The average Bonchev–Trinajstić information content (AvgIpc) is 3.17. The highest BCUT2D eigenvalue weighted by molar-refractivity contribution is 5.64. The topological polar surface area (TPSA) is 78.4 Å². The van der Waals surface area contributed by atoms with E-state index in [1.54, 1.807) is 0 Å². The Morgan fingerprint density at radius 1 is 1.06 bits per heavy atom. The highest BCUT2D eigenvalue weighted by Gasteiger charge is 2.59. The van der Waals surface area contributed by atoms with Crippen molar-refractivity contribution in [3.63, 3.8) is 0 Å². The monoisotopic (exact) mass is 449 g/mol. The molecule has 0 spiro atoms. The van der Waals surface area contributed by atoms with Gasteiger partial charge >= 0.3 is 6.36 Å². The molecule has 2 saturated heterocycles. The summed E-state index contributed by atoms with van der Waals surface area (Å²) in [6, 6.07) is 4.24. The normalized spacial score (nSPS) is 28.7. The van der Waals surface area contributed by atoms with Crippen LogP contribution in [0.4, 0.5) is 19.0 Å². The summed E-state index contributed by atoms with van der Waals surface area (Å²) in [4.78, 5) is 6.46. The zero-order valence-corrected chi connectivity index (χ0v) is 17.6. The number of hydrogen-bond acceptors (Lipinski definition) is 6. The van der Waals surface area contributed by atoms with Crippen LogP contribution in [-0.4, -0.2) is 58.4 Å². The van der Waals surface area contributed by atoms with Crippen LogP contribution in [0.15, 0.2) is 18.3 Å². The Hall–Kier alpha value is -2.33. The van der Waals surface area contributed by atoms with Crippen molar-refractivity contribution in [3.05, 3.63) is 24.0 Å². The van der Waals surface area contributed by atoms with Crippen molar-refractivity contribution in [2.45, 2.75) is 50.0 Å². The molecule has 2 aromatic heterocycles.